The van der Waals surface area contributed by atoms with Crippen molar-refractivity contribution < 1.29 is 9.90 Å². The Labute approximate surface area is 112 Å². The summed E-state index contributed by atoms with van der Waals surface area (Å²) in [5.41, 5.74) is 1.56. The number of thioether (sulfide) groups is 1. The van der Waals surface area contributed by atoms with Crippen LogP contribution in [0.4, 0.5) is 0 Å². The molecule has 1 aromatic heterocycles. The van der Waals surface area contributed by atoms with Crippen molar-refractivity contribution in [1.29, 1.82) is 0 Å². The topological polar surface area (TPSA) is 62.5 Å². The third-order valence-electron chi connectivity index (χ3n) is 2.53. The number of thiazole rings is 1. The minimum absolute atomic E-state index is 0.475. The van der Waals surface area contributed by atoms with Crippen molar-refractivity contribution >= 4 is 44.3 Å². The van der Waals surface area contributed by atoms with Crippen LogP contribution in [-0.4, -0.2) is 32.9 Å². The smallest absolute Gasteiger partial charge is 0.329 e. The summed E-state index contributed by atoms with van der Waals surface area (Å²) >= 11 is 2.92. The Bertz CT molecular complexity index is 663. The number of carboxylic acids is 1. The highest BCUT2D eigenvalue weighted by atomic mass is 32.2. The predicted octanol–water partition coefficient (Wildman–Crippen LogP) is 2.30. The molecule has 2 radical (unpaired) electrons. The van der Waals surface area contributed by atoms with Crippen molar-refractivity contribution in [3.8, 4) is 0 Å². The molecule has 2 heterocycles. The third-order valence-corrected chi connectivity index (χ3v) is 4.74. The van der Waals surface area contributed by atoms with Gasteiger partial charge in [0.25, 0.3) is 0 Å². The number of fused-ring (bicyclic) bond motifs is 1. The Hall–Kier alpha value is -1.40. The van der Waals surface area contributed by atoms with Crippen LogP contribution >= 0.6 is 23.1 Å². The van der Waals surface area contributed by atoms with Gasteiger partial charge >= 0.3 is 5.97 Å². The van der Waals surface area contributed by atoms with Crippen molar-refractivity contribution in [1.82, 2.24) is 4.98 Å². The van der Waals surface area contributed by atoms with Gasteiger partial charge in [-0.2, -0.15) is 0 Å². The molecule has 2 aromatic rings. The molecule has 0 bridgehead atoms. The van der Waals surface area contributed by atoms with E-state index in [9.17, 15) is 4.79 Å². The SMILES string of the molecule is [CH]c1ccc2nc(C3=NC(C(=O)O)CS3)sc2c1. The molecule has 1 unspecified atom stereocenters. The third kappa shape index (κ3) is 2.02. The monoisotopic (exact) mass is 276 g/mol. The van der Waals surface area contributed by atoms with E-state index in [1.807, 2.05) is 12.1 Å². The van der Waals surface area contributed by atoms with Crippen LogP contribution in [0.5, 0.6) is 0 Å². The summed E-state index contributed by atoms with van der Waals surface area (Å²) in [6.45, 7) is 5.71. The first-order chi connectivity index (χ1) is 8.63. The van der Waals surface area contributed by atoms with Gasteiger partial charge in [0.2, 0.25) is 0 Å². The van der Waals surface area contributed by atoms with E-state index in [0.29, 0.717) is 16.4 Å². The highest BCUT2D eigenvalue weighted by Gasteiger charge is 2.26. The summed E-state index contributed by atoms with van der Waals surface area (Å²) in [4.78, 5) is 19.5. The molecule has 1 atom stereocenters. The normalized spacial score (nSPS) is 19.2. The Morgan fingerprint density at radius 1 is 1.50 bits per heavy atom. The van der Waals surface area contributed by atoms with Crippen LogP contribution < -0.4 is 0 Å². The van der Waals surface area contributed by atoms with E-state index < -0.39 is 12.0 Å². The highest BCUT2D eigenvalue weighted by molar-refractivity contribution is 8.15. The zero-order valence-corrected chi connectivity index (χ0v) is 10.8. The van der Waals surface area contributed by atoms with Gasteiger partial charge in [-0.25, -0.2) is 9.78 Å². The number of nitrogens with zero attached hydrogens (tertiary/aromatic N) is 2. The standard InChI is InChI=1S/C12H8N2O2S2/c1-6-2-3-7-9(4-6)18-11(13-7)10-14-8(5-17-10)12(15)16/h1-4,8H,5H2,(H,15,16). The Kier molecular flexibility index (Phi) is 2.83. The maximum absolute atomic E-state index is 10.8. The van der Waals surface area contributed by atoms with Crippen LogP contribution in [0.15, 0.2) is 23.2 Å². The second kappa shape index (κ2) is 4.37. The van der Waals surface area contributed by atoms with Gasteiger partial charge in [0.05, 0.1) is 10.2 Å². The Balaban J connectivity index is 2.00. The lowest BCUT2D eigenvalue weighted by Crippen LogP contribution is -2.17. The number of carbonyl (C=O) groups is 1. The number of hydrogen-bond acceptors (Lipinski definition) is 5. The molecule has 0 saturated heterocycles. The first-order valence-electron chi connectivity index (χ1n) is 5.23. The van der Waals surface area contributed by atoms with Crippen LogP contribution in [0.25, 0.3) is 10.2 Å². The predicted molar refractivity (Wildman–Crippen MR) is 73.4 cm³/mol. The number of hydrogen-bond donors (Lipinski definition) is 1. The molecular weight excluding hydrogens is 268 g/mol. The van der Waals surface area contributed by atoms with Gasteiger partial charge in [0.1, 0.15) is 10.1 Å². The molecule has 4 nitrogen and oxygen atoms in total. The molecule has 1 aliphatic heterocycles. The zero-order chi connectivity index (χ0) is 12.7. The summed E-state index contributed by atoms with van der Waals surface area (Å²) in [6.07, 6.45) is 0. The molecule has 90 valence electrons. The maximum Gasteiger partial charge on any atom is 0.329 e. The average Bonchev–Trinajstić information content (AvgIpc) is 2.93. The average molecular weight is 276 g/mol. The highest BCUT2D eigenvalue weighted by Crippen LogP contribution is 2.30. The van der Waals surface area contributed by atoms with Gasteiger partial charge in [0, 0.05) is 5.75 Å². The zero-order valence-electron chi connectivity index (χ0n) is 9.16. The van der Waals surface area contributed by atoms with E-state index in [1.165, 1.54) is 23.1 Å². The van der Waals surface area contributed by atoms with Crippen molar-refractivity contribution in [3.05, 3.63) is 35.7 Å². The van der Waals surface area contributed by atoms with E-state index in [2.05, 4.69) is 9.98 Å². The molecule has 1 aromatic carbocycles. The van der Waals surface area contributed by atoms with Gasteiger partial charge in [-0.15, -0.1) is 23.1 Å². The molecule has 1 aliphatic rings. The Morgan fingerprint density at radius 2 is 2.33 bits per heavy atom. The van der Waals surface area contributed by atoms with Gasteiger partial charge < -0.3 is 5.11 Å². The van der Waals surface area contributed by atoms with Crippen LogP contribution in [0.1, 0.15) is 10.6 Å². The Morgan fingerprint density at radius 3 is 3.06 bits per heavy atom. The van der Waals surface area contributed by atoms with Crippen molar-refractivity contribution in [3.63, 3.8) is 0 Å². The van der Waals surface area contributed by atoms with Crippen LogP contribution in [0, 0.1) is 6.92 Å². The van der Waals surface area contributed by atoms with Gasteiger partial charge in [-0.1, -0.05) is 6.07 Å². The maximum atomic E-state index is 10.8. The summed E-state index contributed by atoms with van der Waals surface area (Å²) in [7, 11) is 0. The van der Waals surface area contributed by atoms with E-state index in [4.69, 9.17) is 12.0 Å². The summed E-state index contributed by atoms with van der Waals surface area (Å²) in [5.74, 6) is -0.411. The fourth-order valence-corrected chi connectivity index (χ4v) is 3.76. The molecule has 0 amide bonds. The first kappa shape index (κ1) is 11.7. The van der Waals surface area contributed by atoms with Crippen LogP contribution in [-0.2, 0) is 4.79 Å². The number of benzene rings is 1. The van der Waals surface area contributed by atoms with E-state index >= 15 is 0 Å². The molecule has 1 N–H and O–H groups in total. The molecule has 0 spiro atoms. The minimum Gasteiger partial charge on any atom is -0.480 e. The van der Waals surface area contributed by atoms with Crippen molar-refractivity contribution in [2.45, 2.75) is 6.04 Å². The van der Waals surface area contributed by atoms with Crippen LogP contribution in [0.2, 0.25) is 0 Å². The number of carboxylic acid groups (broad SMARTS) is 1. The minimum atomic E-state index is -0.886. The van der Waals surface area contributed by atoms with E-state index in [-0.39, 0.29) is 0 Å². The van der Waals surface area contributed by atoms with Crippen LogP contribution in [0.3, 0.4) is 0 Å². The summed E-state index contributed by atoms with van der Waals surface area (Å²) in [6, 6.07) is 4.88. The van der Waals surface area contributed by atoms with E-state index in [0.717, 1.165) is 15.2 Å². The summed E-state index contributed by atoms with van der Waals surface area (Å²) < 4.78 is 0.993. The van der Waals surface area contributed by atoms with Gasteiger partial charge in [-0.05, 0) is 24.6 Å². The van der Waals surface area contributed by atoms with E-state index in [1.54, 1.807) is 6.07 Å². The number of aliphatic carboxylic acids is 1. The van der Waals surface area contributed by atoms with Crippen molar-refractivity contribution in [2.75, 3.05) is 5.75 Å². The summed E-state index contributed by atoms with van der Waals surface area (Å²) in [5, 5.41) is 10.4. The molecular formula is C12H8N2O2S2. The molecule has 0 saturated carbocycles. The molecule has 3 rings (SSSR count). The molecule has 6 heteroatoms. The number of aliphatic imine (C=N–C) groups is 1. The quantitative estimate of drug-likeness (QED) is 0.914. The largest absolute Gasteiger partial charge is 0.480 e. The number of aromatic nitrogens is 1. The van der Waals surface area contributed by atoms with Gasteiger partial charge in [-0.3, -0.25) is 4.99 Å². The lowest BCUT2D eigenvalue weighted by molar-refractivity contribution is -0.137. The molecule has 18 heavy (non-hydrogen) atoms. The lowest BCUT2D eigenvalue weighted by Gasteiger charge is -1.93. The lowest BCUT2D eigenvalue weighted by atomic mass is 10.2. The second-order valence-electron chi connectivity index (χ2n) is 3.85. The molecule has 0 aliphatic carbocycles. The fourth-order valence-electron chi connectivity index (χ4n) is 1.65. The second-order valence-corrected chi connectivity index (χ2v) is 5.88. The molecule has 0 fully saturated rings. The van der Waals surface area contributed by atoms with Gasteiger partial charge in [0.15, 0.2) is 6.04 Å². The first-order valence-corrected chi connectivity index (χ1v) is 7.03. The fraction of sp³-hybridized carbons (Fsp3) is 0.167. The van der Waals surface area contributed by atoms with Crippen molar-refractivity contribution in [2.24, 2.45) is 4.99 Å². The number of rotatable bonds is 2.